The third-order valence-electron chi connectivity index (χ3n) is 2.18. The summed E-state index contributed by atoms with van der Waals surface area (Å²) in [5.74, 6) is -0.791. The first-order valence-corrected chi connectivity index (χ1v) is 7.72. The lowest BCUT2D eigenvalue weighted by Gasteiger charge is -2.20. The van der Waals surface area contributed by atoms with Gasteiger partial charge in [0.25, 0.3) is 10.1 Å². The maximum atomic E-state index is 11.3. The minimum atomic E-state index is -3.75. The Balaban J connectivity index is 3.05. The largest absolute Gasteiger partial charge is 0.264 e. The van der Waals surface area contributed by atoms with Crippen LogP contribution in [0.15, 0.2) is 0 Å². The summed E-state index contributed by atoms with van der Waals surface area (Å²) in [6, 6.07) is 1.80. The molecule has 0 aromatic heterocycles. The molecule has 0 saturated carbocycles. The quantitative estimate of drug-likeness (QED) is 0.602. The van der Waals surface area contributed by atoms with Crippen molar-refractivity contribution in [3.8, 4) is 6.07 Å². The lowest BCUT2D eigenvalue weighted by atomic mass is 9.90. The highest BCUT2D eigenvalue weighted by Crippen LogP contribution is 2.34. The fourth-order valence-electron chi connectivity index (χ4n) is 1.47. The first-order valence-electron chi connectivity index (χ1n) is 4.08. The molecule has 1 aliphatic rings. The highest BCUT2D eigenvalue weighted by molar-refractivity contribution is 7.91. The van der Waals surface area contributed by atoms with E-state index >= 15 is 0 Å². The standard InChI is InChI=1S/C7H11NO5S2/c1-7(4-8)5-15(11,12)3-6(7)13-14(2,9)10/h6H,3,5H2,1-2H3/t6-,7+/m1/s1. The van der Waals surface area contributed by atoms with Crippen LogP contribution in [0.1, 0.15) is 6.92 Å². The van der Waals surface area contributed by atoms with Gasteiger partial charge in [-0.25, -0.2) is 8.42 Å². The molecule has 86 valence electrons. The van der Waals surface area contributed by atoms with Crippen molar-refractivity contribution in [3.63, 3.8) is 0 Å². The second-order valence-electron chi connectivity index (χ2n) is 3.87. The predicted molar refractivity (Wildman–Crippen MR) is 52.1 cm³/mol. The molecule has 0 unspecified atom stereocenters. The molecule has 1 aliphatic heterocycles. The van der Waals surface area contributed by atoms with Gasteiger partial charge in [0.2, 0.25) is 0 Å². The number of hydrogen-bond acceptors (Lipinski definition) is 6. The maximum absolute atomic E-state index is 11.3. The molecule has 0 spiro atoms. The monoisotopic (exact) mass is 253 g/mol. The zero-order valence-electron chi connectivity index (χ0n) is 8.30. The normalized spacial score (nSPS) is 34.9. The van der Waals surface area contributed by atoms with Crippen molar-refractivity contribution in [1.29, 1.82) is 5.26 Å². The van der Waals surface area contributed by atoms with E-state index in [1.54, 1.807) is 6.07 Å². The van der Waals surface area contributed by atoms with Gasteiger partial charge in [-0.3, -0.25) is 4.18 Å². The number of nitrogens with zero attached hydrogens (tertiary/aromatic N) is 1. The third kappa shape index (κ3) is 2.90. The Morgan fingerprint density at radius 2 is 2.07 bits per heavy atom. The number of sulfone groups is 1. The summed E-state index contributed by atoms with van der Waals surface area (Å²) in [4.78, 5) is 0. The van der Waals surface area contributed by atoms with Crippen LogP contribution in [-0.2, 0) is 24.1 Å². The van der Waals surface area contributed by atoms with Crippen molar-refractivity contribution < 1.29 is 21.0 Å². The molecule has 6 nitrogen and oxygen atoms in total. The molecule has 2 atom stereocenters. The molecule has 1 fully saturated rings. The molecule has 0 amide bonds. The molecule has 8 heteroatoms. The van der Waals surface area contributed by atoms with E-state index in [0.29, 0.717) is 0 Å². The molecule has 15 heavy (non-hydrogen) atoms. The summed E-state index contributed by atoms with van der Waals surface area (Å²) >= 11 is 0. The lowest BCUT2D eigenvalue weighted by Crippen LogP contribution is -2.33. The molecular formula is C7H11NO5S2. The summed E-state index contributed by atoms with van der Waals surface area (Å²) in [6.07, 6.45) is -0.280. The number of rotatable bonds is 2. The van der Waals surface area contributed by atoms with E-state index in [0.717, 1.165) is 6.26 Å². The fraction of sp³-hybridized carbons (Fsp3) is 0.857. The van der Waals surface area contributed by atoms with Gasteiger partial charge in [0.05, 0.1) is 29.2 Å². The van der Waals surface area contributed by atoms with Crippen molar-refractivity contribution in [3.05, 3.63) is 0 Å². The Bertz CT molecular complexity index is 500. The van der Waals surface area contributed by atoms with Crippen LogP contribution in [0.2, 0.25) is 0 Å². The van der Waals surface area contributed by atoms with E-state index in [4.69, 9.17) is 5.26 Å². The SMILES string of the molecule is C[C@]1(C#N)CS(=O)(=O)C[C@H]1OS(C)(=O)=O. The molecule has 1 saturated heterocycles. The van der Waals surface area contributed by atoms with Gasteiger partial charge >= 0.3 is 0 Å². The van der Waals surface area contributed by atoms with Crippen LogP contribution in [0.4, 0.5) is 0 Å². The Labute approximate surface area is 88.9 Å². The molecule has 0 radical (unpaired) electrons. The summed E-state index contributed by atoms with van der Waals surface area (Å²) in [5, 5.41) is 8.84. The van der Waals surface area contributed by atoms with Gasteiger partial charge in [-0.1, -0.05) is 0 Å². The van der Waals surface area contributed by atoms with E-state index in [-0.39, 0.29) is 5.75 Å². The second-order valence-corrected chi connectivity index (χ2v) is 7.58. The molecule has 0 aromatic carbocycles. The van der Waals surface area contributed by atoms with Gasteiger partial charge in [-0.15, -0.1) is 0 Å². The van der Waals surface area contributed by atoms with Crippen LogP contribution < -0.4 is 0 Å². The number of nitriles is 1. The molecule has 0 aliphatic carbocycles. The van der Waals surface area contributed by atoms with Crippen molar-refractivity contribution in [2.24, 2.45) is 5.41 Å². The summed E-state index contributed by atoms with van der Waals surface area (Å²) in [5.41, 5.74) is -1.29. The Hall–Kier alpha value is -0.650. The Morgan fingerprint density at radius 3 is 2.47 bits per heavy atom. The van der Waals surface area contributed by atoms with Crippen molar-refractivity contribution >= 4 is 20.0 Å². The Kier molecular flexibility index (Phi) is 2.84. The van der Waals surface area contributed by atoms with E-state index in [1.807, 2.05) is 0 Å². The van der Waals surface area contributed by atoms with Crippen LogP contribution in [0, 0.1) is 16.7 Å². The minimum absolute atomic E-state index is 0.364. The molecule has 1 rings (SSSR count). The topological polar surface area (TPSA) is 101 Å². The summed E-state index contributed by atoms with van der Waals surface area (Å²) in [7, 11) is -7.15. The van der Waals surface area contributed by atoms with Crippen LogP contribution in [-0.4, -0.2) is 40.7 Å². The second kappa shape index (κ2) is 3.43. The zero-order chi connectivity index (χ0) is 11.9. The fourth-order valence-corrected chi connectivity index (χ4v) is 4.44. The number of hydrogen-bond donors (Lipinski definition) is 0. The van der Waals surface area contributed by atoms with Gasteiger partial charge in [-0.2, -0.15) is 13.7 Å². The highest BCUT2D eigenvalue weighted by Gasteiger charge is 2.50. The van der Waals surface area contributed by atoms with Crippen molar-refractivity contribution in [1.82, 2.24) is 0 Å². The predicted octanol–water partition coefficient (Wildman–Crippen LogP) is -0.711. The van der Waals surface area contributed by atoms with Gasteiger partial charge < -0.3 is 0 Å². The van der Waals surface area contributed by atoms with E-state index in [1.165, 1.54) is 6.92 Å². The van der Waals surface area contributed by atoms with Gasteiger partial charge in [0.1, 0.15) is 6.10 Å². The van der Waals surface area contributed by atoms with E-state index in [2.05, 4.69) is 4.18 Å². The first-order chi connectivity index (χ1) is 6.58. The lowest BCUT2D eigenvalue weighted by molar-refractivity contribution is 0.154. The molecule has 0 bridgehead atoms. The van der Waals surface area contributed by atoms with Gasteiger partial charge in [0, 0.05) is 0 Å². The average molecular weight is 253 g/mol. The van der Waals surface area contributed by atoms with Gasteiger partial charge in [-0.05, 0) is 6.92 Å². The average Bonchev–Trinajstić information content (AvgIpc) is 2.19. The Morgan fingerprint density at radius 1 is 1.53 bits per heavy atom. The smallest absolute Gasteiger partial charge is 0.264 e. The van der Waals surface area contributed by atoms with E-state index in [9.17, 15) is 16.8 Å². The van der Waals surface area contributed by atoms with Crippen LogP contribution in [0.25, 0.3) is 0 Å². The van der Waals surface area contributed by atoms with Crippen LogP contribution >= 0.6 is 0 Å². The molecule has 0 aromatic rings. The maximum Gasteiger partial charge on any atom is 0.264 e. The van der Waals surface area contributed by atoms with Crippen molar-refractivity contribution in [2.75, 3.05) is 17.8 Å². The first kappa shape index (κ1) is 12.4. The summed E-state index contributed by atoms with van der Waals surface area (Å²) in [6.45, 7) is 1.38. The van der Waals surface area contributed by atoms with Crippen LogP contribution in [0.5, 0.6) is 0 Å². The van der Waals surface area contributed by atoms with Gasteiger partial charge in [0.15, 0.2) is 9.84 Å². The van der Waals surface area contributed by atoms with E-state index < -0.39 is 37.2 Å². The highest BCUT2D eigenvalue weighted by atomic mass is 32.2. The van der Waals surface area contributed by atoms with Crippen molar-refractivity contribution in [2.45, 2.75) is 13.0 Å². The summed E-state index contributed by atoms with van der Waals surface area (Å²) < 4.78 is 48.9. The molecule has 1 heterocycles. The van der Waals surface area contributed by atoms with Crippen LogP contribution in [0.3, 0.4) is 0 Å². The minimum Gasteiger partial charge on any atom is -0.264 e. The molecular weight excluding hydrogens is 242 g/mol. The molecule has 0 N–H and O–H groups in total. The third-order valence-corrected chi connectivity index (χ3v) is 4.61. The zero-order valence-corrected chi connectivity index (χ0v) is 9.93.